The lowest BCUT2D eigenvalue weighted by Gasteiger charge is -2.08. The van der Waals surface area contributed by atoms with Gasteiger partial charge in [0, 0.05) is 20.4 Å². The van der Waals surface area contributed by atoms with Crippen LogP contribution in [0.1, 0.15) is 0 Å². The molecule has 0 amide bonds. The largest absolute Gasteiger partial charge is 0.332 e. The van der Waals surface area contributed by atoms with E-state index < -0.39 is 0 Å². The number of aromatic nitrogens is 4. The molecule has 0 aliphatic carbocycles. The molecular formula is C10H15N4O2P. The van der Waals surface area contributed by atoms with E-state index in [1.54, 1.807) is 13.4 Å². The van der Waals surface area contributed by atoms with Crippen LogP contribution in [0.3, 0.4) is 0 Å². The van der Waals surface area contributed by atoms with Gasteiger partial charge >= 0.3 is 5.69 Å². The molecule has 2 aromatic heterocycles. The summed E-state index contributed by atoms with van der Waals surface area (Å²) in [5, 5.41) is 0. The summed E-state index contributed by atoms with van der Waals surface area (Å²) in [5.41, 5.74) is 0.334. The summed E-state index contributed by atoms with van der Waals surface area (Å²) in [6.07, 6.45) is 2.41. The molecule has 0 saturated carbocycles. The summed E-state index contributed by atoms with van der Waals surface area (Å²) < 4.78 is 4.36. The molecule has 2 heterocycles. The van der Waals surface area contributed by atoms with Crippen molar-refractivity contribution in [1.29, 1.82) is 0 Å². The maximum atomic E-state index is 12.1. The van der Waals surface area contributed by atoms with E-state index in [0.717, 1.165) is 10.9 Å². The van der Waals surface area contributed by atoms with Crippen LogP contribution in [0.2, 0.25) is 0 Å². The third-order valence-electron chi connectivity index (χ3n) is 2.65. The molecule has 7 heteroatoms. The van der Waals surface area contributed by atoms with Gasteiger partial charge in [0.15, 0.2) is 11.2 Å². The summed E-state index contributed by atoms with van der Waals surface area (Å²) in [6, 6.07) is 0. The third-order valence-corrected chi connectivity index (χ3v) is 3.52. The highest BCUT2D eigenvalue weighted by molar-refractivity contribution is 7.54. The fourth-order valence-electron chi connectivity index (χ4n) is 1.81. The maximum absolute atomic E-state index is 12.1. The third kappa shape index (κ3) is 1.82. The van der Waals surface area contributed by atoms with Crippen LogP contribution >= 0.6 is 7.92 Å². The Hall–Kier alpha value is -1.42. The van der Waals surface area contributed by atoms with Gasteiger partial charge < -0.3 is 4.57 Å². The van der Waals surface area contributed by atoms with Crippen molar-refractivity contribution in [3.05, 3.63) is 27.2 Å². The first-order chi connectivity index (χ1) is 7.93. The molecule has 92 valence electrons. The van der Waals surface area contributed by atoms with Crippen molar-refractivity contribution in [2.75, 3.05) is 13.3 Å². The minimum atomic E-state index is -0.344. The predicted molar refractivity (Wildman–Crippen MR) is 69.0 cm³/mol. The Labute approximate surface area is 99.3 Å². The van der Waals surface area contributed by atoms with E-state index in [1.807, 2.05) is 4.57 Å². The highest BCUT2D eigenvalue weighted by Gasteiger charge is 2.14. The lowest BCUT2D eigenvalue weighted by atomic mass is 10.5. The molecule has 0 bridgehead atoms. The first kappa shape index (κ1) is 12.0. The molecule has 0 fully saturated rings. The van der Waals surface area contributed by atoms with Gasteiger partial charge in [0.05, 0.1) is 6.33 Å². The molecule has 0 radical (unpaired) electrons. The molecule has 0 saturated heterocycles. The fraction of sp³-hybridized carbons (Fsp3) is 0.500. The normalized spacial score (nSPS) is 11.6. The van der Waals surface area contributed by atoms with Crippen LogP contribution in [0.5, 0.6) is 0 Å². The van der Waals surface area contributed by atoms with Crippen molar-refractivity contribution >= 4 is 19.1 Å². The smallest absolute Gasteiger partial charge is 0.320 e. The highest BCUT2D eigenvalue weighted by atomic mass is 31.1. The molecule has 0 atom stereocenters. The molecular weight excluding hydrogens is 239 g/mol. The van der Waals surface area contributed by atoms with Crippen molar-refractivity contribution in [2.24, 2.45) is 14.1 Å². The fourth-order valence-corrected chi connectivity index (χ4v) is 2.63. The summed E-state index contributed by atoms with van der Waals surface area (Å²) in [7, 11) is 2.94. The lowest BCUT2D eigenvalue weighted by molar-refractivity contribution is 0.705. The van der Waals surface area contributed by atoms with Crippen molar-refractivity contribution in [3.63, 3.8) is 0 Å². The Kier molecular flexibility index (Phi) is 2.91. The van der Waals surface area contributed by atoms with Gasteiger partial charge in [-0.3, -0.25) is 13.9 Å². The van der Waals surface area contributed by atoms with Gasteiger partial charge in [-0.1, -0.05) is 7.92 Å². The Morgan fingerprint density at radius 3 is 2.47 bits per heavy atom. The summed E-state index contributed by atoms with van der Waals surface area (Å²) in [4.78, 5) is 27.9. The van der Waals surface area contributed by atoms with Crippen LogP contribution in [-0.2, 0) is 20.4 Å². The van der Waals surface area contributed by atoms with Gasteiger partial charge in [0.25, 0.3) is 5.56 Å². The molecule has 0 aromatic carbocycles. The second kappa shape index (κ2) is 4.11. The van der Waals surface area contributed by atoms with Crippen LogP contribution in [0.4, 0.5) is 0 Å². The van der Waals surface area contributed by atoms with Gasteiger partial charge in [0.2, 0.25) is 0 Å². The van der Waals surface area contributed by atoms with Crippen molar-refractivity contribution in [3.8, 4) is 0 Å². The Morgan fingerprint density at radius 2 is 1.88 bits per heavy atom. The molecule has 0 aliphatic heterocycles. The van der Waals surface area contributed by atoms with Gasteiger partial charge in [0.1, 0.15) is 0 Å². The molecule has 0 spiro atoms. The molecule has 2 rings (SSSR count). The van der Waals surface area contributed by atoms with Crippen LogP contribution in [0.15, 0.2) is 15.9 Å². The topological polar surface area (TPSA) is 61.8 Å². The number of rotatable bonds is 2. The molecule has 0 N–H and O–H groups in total. The maximum Gasteiger partial charge on any atom is 0.332 e. The number of imidazole rings is 1. The second-order valence-electron chi connectivity index (χ2n) is 4.31. The van der Waals surface area contributed by atoms with E-state index >= 15 is 0 Å². The van der Waals surface area contributed by atoms with E-state index in [1.165, 1.54) is 11.6 Å². The van der Waals surface area contributed by atoms with E-state index in [9.17, 15) is 9.59 Å². The zero-order chi connectivity index (χ0) is 12.7. The number of aryl methyl sites for hydroxylation is 1. The van der Waals surface area contributed by atoms with E-state index in [4.69, 9.17) is 0 Å². The average Bonchev–Trinajstić information content (AvgIpc) is 2.66. The van der Waals surface area contributed by atoms with Gasteiger partial charge in [-0.2, -0.15) is 0 Å². The van der Waals surface area contributed by atoms with E-state index in [0.29, 0.717) is 11.2 Å². The Balaban J connectivity index is 2.86. The second-order valence-corrected chi connectivity index (χ2v) is 6.76. The van der Waals surface area contributed by atoms with Gasteiger partial charge in [-0.05, 0) is 13.3 Å². The van der Waals surface area contributed by atoms with Crippen LogP contribution in [0.25, 0.3) is 11.2 Å². The highest BCUT2D eigenvalue weighted by Crippen LogP contribution is 2.27. The quantitative estimate of drug-likeness (QED) is 0.716. The van der Waals surface area contributed by atoms with Crippen molar-refractivity contribution < 1.29 is 0 Å². The molecule has 6 nitrogen and oxygen atoms in total. The minimum Gasteiger partial charge on any atom is -0.320 e. The number of fused-ring (bicyclic) bond motifs is 1. The minimum absolute atomic E-state index is 0.176. The number of hydrogen-bond acceptors (Lipinski definition) is 3. The van der Waals surface area contributed by atoms with E-state index in [2.05, 4.69) is 18.3 Å². The van der Waals surface area contributed by atoms with Gasteiger partial charge in [-0.25, -0.2) is 9.78 Å². The molecule has 2 aromatic rings. The first-order valence-corrected chi connectivity index (χ1v) is 7.61. The van der Waals surface area contributed by atoms with E-state index in [-0.39, 0.29) is 19.2 Å². The van der Waals surface area contributed by atoms with Crippen LogP contribution < -0.4 is 11.2 Å². The van der Waals surface area contributed by atoms with Crippen molar-refractivity contribution in [2.45, 2.75) is 6.29 Å². The van der Waals surface area contributed by atoms with Crippen molar-refractivity contribution in [1.82, 2.24) is 18.7 Å². The summed E-state index contributed by atoms with van der Waals surface area (Å²) >= 11 is 0. The molecule has 0 unspecified atom stereocenters. The predicted octanol–water partition coefficient (Wildman–Crippen LogP) is 0.133. The monoisotopic (exact) mass is 254 g/mol. The molecule has 0 aliphatic rings. The standard InChI is InChI=1S/C10H15N4O2P/c1-12-8-7(9(15)13(2)10(12)16)14(5-11-8)6-17(3)4/h5H,6H2,1-4H3. The number of hydrogen-bond donors (Lipinski definition) is 0. The summed E-state index contributed by atoms with van der Waals surface area (Å²) in [5.74, 6) is 0. The summed E-state index contributed by atoms with van der Waals surface area (Å²) in [6.45, 7) is 4.27. The zero-order valence-electron chi connectivity index (χ0n) is 10.3. The van der Waals surface area contributed by atoms with Crippen LogP contribution in [0, 0.1) is 0 Å². The lowest BCUT2D eigenvalue weighted by Crippen LogP contribution is -2.37. The number of nitrogens with zero attached hydrogens (tertiary/aromatic N) is 4. The first-order valence-electron chi connectivity index (χ1n) is 5.19. The Bertz CT molecular complexity index is 680. The van der Waals surface area contributed by atoms with Crippen LogP contribution in [-0.4, -0.2) is 32.0 Å². The molecule has 17 heavy (non-hydrogen) atoms. The zero-order valence-corrected chi connectivity index (χ0v) is 11.2. The van der Waals surface area contributed by atoms with Gasteiger partial charge in [-0.15, -0.1) is 0 Å². The Morgan fingerprint density at radius 1 is 1.24 bits per heavy atom. The SMILES string of the molecule is Cn1c(=O)c2c(ncn2CP(C)C)n(C)c1=O. The average molecular weight is 254 g/mol.